The van der Waals surface area contributed by atoms with E-state index in [2.05, 4.69) is 4.99 Å². The van der Waals surface area contributed by atoms with E-state index in [1.165, 1.54) is 17.0 Å². The smallest absolute Gasteiger partial charge is 0.282 e. The fraction of sp³-hybridized carbons (Fsp3) is 0.0435. The summed E-state index contributed by atoms with van der Waals surface area (Å²) in [5, 5.41) is 0.611. The Kier molecular flexibility index (Phi) is 5.14. The van der Waals surface area contributed by atoms with Crippen LogP contribution in [0.1, 0.15) is 11.1 Å². The quantitative estimate of drug-likeness (QED) is 0.550. The molecular weight excluding hydrogens is 391 g/mol. The molecule has 1 heterocycles. The van der Waals surface area contributed by atoms with Gasteiger partial charge in [0.25, 0.3) is 5.91 Å². The number of rotatable bonds is 4. The topological polar surface area (TPSA) is 41.9 Å². The Balaban J connectivity index is 1.79. The van der Waals surface area contributed by atoms with Gasteiger partial charge in [-0.25, -0.2) is 9.38 Å². The maximum atomic E-state index is 13.4. The van der Waals surface area contributed by atoms with Gasteiger partial charge in [0.1, 0.15) is 23.1 Å². The summed E-state index contributed by atoms with van der Waals surface area (Å²) in [5.41, 5.74) is 2.35. The first kappa shape index (κ1) is 18.9. The van der Waals surface area contributed by atoms with Crippen LogP contribution in [0.5, 0.6) is 5.75 Å². The van der Waals surface area contributed by atoms with E-state index in [0.717, 1.165) is 11.1 Å². The zero-order valence-corrected chi connectivity index (χ0v) is 16.2. The van der Waals surface area contributed by atoms with Crippen molar-refractivity contribution in [2.24, 2.45) is 4.99 Å². The van der Waals surface area contributed by atoms with Gasteiger partial charge in [0.15, 0.2) is 0 Å². The van der Waals surface area contributed by atoms with E-state index in [0.29, 0.717) is 22.3 Å². The van der Waals surface area contributed by atoms with Crippen LogP contribution >= 0.6 is 11.6 Å². The predicted octanol–water partition coefficient (Wildman–Crippen LogP) is 5.32. The molecule has 3 aromatic rings. The number of ether oxygens (including phenoxy) is 1. The van der Waals surface area contributed by atoms with E-state index >= 15 is 0 Å². The molecular formula is C23H16ClFN2O2. The Morgan fingerprint density at radius 2 is 1.62 bits per heavy atom. The lowest BCUT2D eigenvalue weighted by Crippen LogP contribution is -2.32. The molecule has 0 radical (unpaired) electrons. The molecule has 0 N–H and O–H groups in total. The number of carbonyl (C=O) groups excluding carboxylic acids is 1. The normalized spacial score (nSPS) is 15.0. The Morgan fingerprint density at radius 3 is 2.24 bits per heavy atom. The summed E-state index contributed by atoms with van der Waals surface area (Å²) in [4.78, 5) is 19.2. The number of hydrogen-bond donors (Lipinski definition) is 0. The van der Waals surface area contributed by atoms with E-state index in [1.807, 2.05) is 24.3 Å². The monoisotopic (exact) mass is 406 g/mol. The molecule has 0 fully saturated rings. The zero-order chi connectivity index (χ0) is 20.4. The van der Waals surface area contributed by atoms with Crippen LogP contribution in [0.3, 0.4) is 0 Å². The SMILES string of the molecule is COc1ccc(C2=N/C(=C/c3ccc(Cl)cc3)C(=O)N2c2ccc(F)cc2)cc1. The van der Waals surface area contributed by atoms with E-state index in [4.69, 9.17) is 16.3 Å². The highest BCUT2D eigenvalue weighted by Crippen LogP contribution is 2.29. The summed E-state index contributed by atoms with van der Waals surface area (Å²) in [7, 11) is 1.59. The summed E-state index contributed by atoms with van der Waals surface area (Å²) >= 11 is 5.94. The zero-order valence-electron chi connectivity index (χ0n) is 15.5. The van der Waals surface area contributed by atoms with Crippen molar-refractivity contribution in [1.29, 1.82) is 0 Å². The van der Waals surface area contributed by atoms with Gasteiger partial charge < -0.3 is 4.74 Å². The first-order chi connectivity index (χ1) is 14.0. The van der Waals surface area contributed by atoms with Crippen LogP contribution in [-0.2, 0) is 4.79 Å². The Bertz CT molecular complexity index is 1110. The van der Waals surface area contributed by atoms with Crippen LogP contribution in [0.15, 0.2) is 83.5 Å². The molecule has 4 rings (SSSR count). The van der Waals surface area contributed by atoms with Crippen molar-refractivity contribution in [1.82, 2.24) is 0 Å². The number of amidine groups is 1. The van der Waals surface area contributed by atoms with Gasteiger partial charge in [-0.3, -0.25) is 9.69 Å². The maximum absolute atomic E-state index is 13.4. The van der Waals surface area contributed by atoms with Gasteiger partial charge in [0, 0.05) is 10.6 Å². The number of benzene rings is 3. The first-order valence-electron chi connectivity index (χ1n) is 8.85. The number of aliphatic imine (C=N–C) groups is 1. The van der Waals surface area contributed by atoms with E-state index in [-0.39, 0.29) is 17.4 Å². The fourth-order valence-electron chi connectivity index (χ4n) is 3.00. The number of hydrogen-bond acceptors (Lipinski definition) is 3. The van der Waals surface area contributed by atoms with E-state index in [1.54, 1.807) is 49.6 Å². The number of nitrogens with zero attached hydrogens (tertiary/aromatic N) is 2. The number of amides is 1. The minimum Gasteiger partial charge on any atom is -0.497 e. The van der Waals surface area contributed by atoms with Crippen molar-refractivity contribution in [3.63, 3.8) is 0 Å². The molecule has 1 aliphatic rings. The second kappa shape index (κ2) is 7.89. The van der Waals surface area contributed by atoms with Crippen LogP contribution < -0.4 is 9.64 Å². The summed E-state index contributed by atoms with van der Waals surface area (Å²) in [6.07, 6.45) is 1.70. The Morgan fingerprint density at radius 1 is 0.966 bits per heavy atom. The highest BCUT2D eigenvalue weighted by Gasteiger charge is 2.32. The molecule has 29 heavy (non-hydrogen) atoms. The number of anilines is 1. The molecule has 0 saturated carbocycles. The fourth-order valence-corrected chi connectivity index (χ4v) is 3.12. The largest absolute Gasteiger partial charge is 0.497 e. The molecule has 0 atom stereocenters. The lowest BCUT2D eigenvalue weighted by molar-refractivity contribution is -0.113. The lowest BCUT2D eigenvalue weighted by Gasteiger charge is -2.18. The average molecular weight is 407 g/mol. The van der Waals surface area contributed by atoms with Crippen molar-refractivity contribution in [3.8, 4) is 5.75 Å². The summed E-state index contributed by atoms with van der Waals surface area (Å²) < 4.78 is 18.6. The number of methoxy groups -OCH3 is 1. The minimum atomic E-state index is -0.375. The van der Waals surface area contributed by atoms with Gasteiger partial charge in [-0.1, -0.05) is 23.7 Å². The Labute approximate surface area is 172 Å². The molecule has 1 amide bonds. The van der Waals surface area contributed by atoms with Crippen molar-refractivity contribution < 1.29 is 13.9 Å². The summed E-state index contributed by atoms with van der Waals surface area (Å²) in [6.45, 7) is 0. The number of carbonyl (C=O) groups is 1. The van der Waals surface area contributed by atoms with E-state index in [9.17, 15) is 9.18 Å². The second-order valence-corrected chi connectivity index (χ2v) is 6.80. The van der Waals surface area contributed by atoms with Crippen molar-refractivity contribution in [3.05, 3.63) is 100 Å². The van der Waals surface area contributed by atoms with Crippen LogP contribution in [-0.4, -0.2) is 18.9 Å². The molecule has 4 nitrogen and oxygen atoms in total. The van der Waals surface area contributed by atoms with Gasteiger partial charge in [0.05, 0.1) is 12.8 Å². The van der Waals surface area contributed by atoms with Gasteiger partial charge in [0.2, 0.25) is 0 Å². The molecule has 0 aromatic heterocycles. The summed E-state index contributed by atoms with van der Waals surface area (Å²) in [6, 6.07) is 20.1. The van der Waals surface area contributed by atoms with E-state index < -0.39 is 0 Å². The summed E-state index contributed by atoms with van der Waals surface area (Å²) in [5.74, 6) is 0.492. The molecule has 0 unspecified atom stereocenters. The minimum absolute atomic E-state index is 0.280. The van der Waals surface area contributed by atoms with Crippen molar-refractivity contribution >= 4 is 35.1 Å². The van der Waals surface area contributed by atoms with Gasteiger partial charge in [-0.15, -0.1) is 0 Å². The number of halogens is 2. The maximum Gasteiger partial charge on any atom is 0.282 e. The molecule has 1 aliphatic heterocycles. The van der Waals surface area contributed by atoms with Gasteiger partial charge in [-0.05, 0) is 72.3 Å². The van der Waals surface area contributed by atoms with Crippen LogP contribution in [0.25, 0.3) is 6.08 Å². The molecule has 6 heteroatoms. The second-order valence-electron chi connectivity index (χ2n) is 6.36. The first-order valence-corrected chi connectivity index (χ1v) is 9.23. The molecule has 3 aromatic carbocycles. The van der Waals surface area contributed by atoms with Gasteiger partial charge in [-0.2, -0.15) is 0 Å². The third-order valence-electron chi connectivity index (χ3n) is 4.47. The third-order valence-corrected chi connectivity index (χ3v) is 4.72. The highest BCUT2D eigenvalue weighted by atomic mass is 35.5. The molecule has 144 valence electrons. The van der Waals surface area contributed by atoms with Gasteiger partial charge >= 0.3 is 0 Å². The molecule has 0 bridgehead atoms. The van der Waals surface area contributed by atoms with Crippen molar-refractivity contribution in [2.75, 3.05) is 12.0 Å². The highest BCUT2D eigenvalue weighted by molar-refractivity contribution is 6.33. The molecule has 0 saturated heterocycles. The van der Waals surface area contributed by atoms with Crippen molar-refractivity contribution in [2.45, 2.75) is 0 Å². The Hall–Kier alpha value is -3.44. The standard InChI is InChI=1S/C23H16ClFN2O2/c1-29-20-12-4-16(5-13-20)22-26-21(14-15-2-6-17(24)7-3-15)23(28)27(22)19-10-8-18(25)9-11-19/h2-14H,1H3/b21-14+. The average Bonchev–Trinajstić information content (AvgIpc) is 3.06. The van der Waals surface area contributed by atoms with Crippen LogP contribution in [0.4, 0.5) is 10.1 Å². The third kappa shape index (κ3) is 3.91. The van der Waals surface area contributed by atoms with Crippen LogP contribution in [0.2, 0.25) is 5.02 Å². The molecule has 0 spiro atoms. The lowest BCUT2D eigenvalue weighted by atomic mass is 10.1. The predicted molar refractivity (Wildman–Crippen MR) is 113 cm³/mol. The van der Waals surface area contributed by atoms with Crippen LogP contribution in [0, 0.1) is 5.82 Å². The molecule has 0 aliphatic carbocycles.